The molecule has 0 bridgehead atoms. The molecule has 1 saturated heterocycles. The number of piperidine rings is 1. The summed E-state index contributed by atoms with van der Waals surface area (Å²) in [7, 11) is 5.65. The molecule has 1 aliphatic rings. The largest absolute Gasteiger partial charge is 0.363 e. The van der Waals surface area contributed by atoms with Crippen LogP contribution in [-0.4, -0.2) is 75.1 Å². The number of anilines is 1. The van der Waals surface area contributed by atoms with Crippen LogP contribution in [0.5, 0.6) is 0 Å². The minimum atomic E-state index is 0. The van der Waals surface area contributed by atoms with Gasteiger partial charge in [-0.25, -0.2) is 9.98 Å². The van der Waals surface area contributed by atoms with E-state index in [0.717, 1.165) is 49.9 Å². The molecule has 2 heterocycles. The van der Waals surface area contributed by atoms with Crippen molar-refractivity contribution in [1.82, 2.24) is 25.8 Å². The van der Waals surface area contributed by atoms with E-state index in [9.17, 15) is 4.79 Å². The standard InChI is InChI=1S/C19H33N7O.HI/c1-5-21-19(22-13-16-7-6-8-17(23-16)25(3)4)24-15-9-11-26(12-10-15)14-18(27)20-2;/h6-8,15H,5,9-14H2,1-4H3,(H,20,27)(H2,21,22,24);1H. The number of halogens is 1. The molecule has 8 nitrogen and oxygen atoms in total. The fraction of sp³-hybridized carbons (Fsp3) is 0.632. The Hall–Kier alpha value is -1.62. The molecule has 9 heteroatoms. The van der Waals surface area contributed by atoms with E-state index < -0.39 is 0 Å². The van der Waals surface area contributed by atoms with E-state index in [1.807, 2.05) is 37.2 Å². The number of hydrogen-bond donors (Lipinski definition) is 3. The van der Waals surface area contributed by atoms with Crippen molar-refractivity contribution in [2.45, 2.75) is 32.4 Å². The highest BCUT2D eigenvalue weighted by Crippen LogP contribution is 2.11. The maximum atomic E-state index is 11.5. The number of carbonyl (C=O) groups excluding carboxylic acids is 1. The van der Waals surface area contributed by atoms with Crippen LogP contribution in [-0.2, 0) is 11.3 Å². The van der Waals surface area contributed by atoms with Gasteiger partial charge in [-0.05, 0) is 31.9 Å². The molecule has 1 aliphatic heterocycles. The number of likely N-dealkylation sites (N-methyl/N-ethyl adjacent to an activating group) is 1. The number of nitrogens with zero attached hydrogens (tertiary/aromatic N) is 4. The fourth-order valence-electron chi connectivity index (χ4n) is 3.00. The summed E-state index contributed by atoms with van der Waals surface area (Å²) in [5, 5.41) is 9.52. The van der Waals surface area contributed by atoms with Gasteiger partial charge in [-0.2, -0.15) is 0 Å². The van der Waals surface area contributed by atoms with E-state index in [0.29, 0.717) is 19.1 Å². The Balaban J connectivity index is 0.00000392. The minimum absolute atomic E-state index is 0. The number of rotatable bonds is 7. The zero-order valence-electron chi connectivity index (χ0n) is 17.4. The number of likely N-dealkylation sites (tertiary alicyclic amines) is 1. The molecule has 0 unspecified atom stereocenters. The lowest BCUT2D eigenvalue weighted by Gasteiger charge is -2.32. The molecule has 0 radical (unpaired) electrons. The van der Waals surface area contributed by atoms with Crippen LogP contribution >= 0.6 is 24.0 Å². The van der Waals surface area contributed by atoms with E-state index in [1.54, 1.807) is 7.05 Å². The Kier molecular flexibility index (Phi) is 11.1. The van der Waals surface area contributed by atoms with Crippen LogP contribution in [0.15, 0.2) is 23.2 Å². The Morgan fingerprint density at radius 1 is 1.32 bits per heavy atom. The van der Waals surface area contributed by atoms with Crippen LogP contribution in [0.1, 0.15) is 25.5 Å². The lowest BCUT2D eigenvalue weighted by atomic mass is 10.1. The molecule has 1 aromatic rings. The Morgan fingerprint density at radius 2 is 2.04 bits per heavy atom. The summed E-state index contributed by atoms with van der Waals surface area (Å²) >= 11 is 0. The van der Waals surface area contributed by atoms with Crippen LogP contribution in [0.25, 0.3) is 0 Å². The quantitative estimate of drug-likeness (QED) is 0.293. The van der Waals surface area contributed by atoms with Gasteiger partial charge >= 0.3 is 0 Å². The van der Waals surface area contributed by atoms with Gasteiger partial charge in [0, 0.05) is 46.8 Å². The van der Waals surface area contributed by atoms with Gasteiger partial charge < -0.3 is 20.9 Å². The minimum Gasteiger partial charge on any atom is -0.363 e. The number of aromatic nitrogens is 1. The lowest BCUT2D eigenvalue weighted by molar-refractivity contribution is -0.122. The highest BCUT2D eigenvalue weighted by Gasteiger charge is 2.21. The van der Waals surface area contributed by atoms with E-state index in [4.69, 9.17) is 4.99 Å². The normalized spacial score (nSPS) is 15.5. The fourth-order valence-corrected chi connectivity index (χ4v) is 3.00. The maximum absolute atomic E-state index is 11.5. The first kappa shape index (κ1) is 24.4. The van der Waals surface area contributed by atoms with Crippen LogP contribution in [0.4, 0.5) is 5.82 Å². The number of amides is 1. The average molecular weight is 503 g/mol. The third-order valence-corrected chi connectivity index (χ3v) is 4.57. The third kappa shape index (κ3) is 8.17. The third-order valence-electron chi connectivity index (χ3n) is 4.57. The topological polar surface area (TPSA) is 84.9 Å². The Labute approximate surface area is 185 Å². The molecule has 0 aliphatic carbocycles. The summed E-state index contributed by atoms with van der Waals surface area (Å²) in [5.74, 6) is 1.83. The molecular weight excluding hydrogens is 469 g/mol. The Morgan fingerprint density at radius 3 is 2.64 bits per heavy atom. The number of guanidine groups is 1. The zero-order valence-corrected chi connectivity index (χ0v) is 19.7. The van der Waals surface area contributed by atoms with Crippen molar-refractivity contribution < 1.29 is 4.79 Å². The van der Waals surface area contributed by atoms with Gasteiger partial charge in [-0.3, -0.25) is 9.69 Å². The summed E-state index contributed by atoms with van der Waals surface area (Å²) in [5.41, 5.74) is 0.943. The van der Waals surface area contributed by atoms with Crippen LogP contribution < -0.4 is 20.9 Å². The van der Waals surface area contributed by atoms with Crippen LogP contribution in [0.2, 0.25) is 0 Å². The maximum Gasteiger partial charge on any atom is 0.233 e. The van der Waals surface area contributed by atoms with Crippen molar-refractivity contribution in [3.63, 3.8) is 0 Å². The number of carbonyl (C=O) groups is 1. The van der Waals surface area contributed by atoms with Crippen molar-refractivity contribution in [3.8, 4) is 0 Å². The molecule has 1 aromatic heterocycles. The predicted molar refractivity (Wildman–Crippen MR) is 125 cm³/mol. The second-order valence-electron chi connectivity index (χ2n) is 6.94. The predicted octanol–water partition coefficient (Wildman–Crippen LogP) is 1.03. The van der Waals surface area contributed by atoms with Crippen molar-refractivity contribution in [2.75, 3.05) is 52.2 Å². The van der Waals surface area contributed by atoms with Gasteiger partial charge in [0.25, 0.3) is 0 Å². The second kappa shape index (κ2) is 12.8. The highest BCUT2D eigenvalue weighted by molar-refractivity contribution is 14.0. The van der Waals surface area contributed by atoms with Crippen LogP contribution in [0, 0.1) is 0 Å². The molecule has 1 amide bonds. The van der Waals surface area contributed by atoms with Gasteiger partial charge in [0.15, 0.2) is 5.96 Å². The van der Waals surface area contributed by atoms with E-state index >= 15 is 0 Å². The first-order chi connectivity index (χ1) is 13.0. The number of pyridine rings is 1. The molecule has 1 fully saturated rings. The Bertz CT molecular complexity index is 630. The van der Waals surface area contributed by atoms with Crippen molar-refractivity contribution in [2.24, 2.45) is 4.99 Å². The van der Waals surface area contributed by atoms with E-state index in [2.05, 4.69) is 32.8 Å². The molecule has 0 saturated carbocycles. The number of hydrogen-bond acceptors (Lipinski definition) is 5. The van der Waals surface area contributed by atoms with Crippen molar-refractivity contribution in [1.29, 1.82) is 0 Å². The number of nitrogens with one attached hydrogen (secondary N) is 3. The average Bonchev–Trinajstić information content (AvgIpc) is 2.68. The monoisotopic (exact) mass is 503 g/mol. The van der Waals surface area contributed by atoms with Crippen LogP contribution in [0.3, 0.4) is 0 Å². The lowest BCUT2D eigenvalue weighted by Crippen LogP contribution is -2.50. The molecule has 0 aromatic carbocycles. The van der Waals surface area contributed by atoms with Gasteiger partial charge in [0.1, 0.15) is 5.82 Å². The summed E-state index contributed by atoms with van der Waals surface area (Å²) in [6.45, 7) is 5.71. The van der Waals surface area contributed by atoms with E-state index in [-0.39, 0.29) is 29.9 Å². The number of aliphatic imine (C=N–C) groups is 1. The van der Waals surface area contributed by atoms with Gasteiger partial charge in [-0.1, -0.05) is 6.07 Å². The van der Waals surface area contributed by atoms with Crippen molar-refractivity contribution in [3.05, 3.63) is 23.9 Å². The summed E-state index contributed by atoms with van der Waals surface area (Å²) in [6, 6.07) is 6.36. The smallest absolute Gasteiger partial charge is 0.233 e. The SMILES string of the molecule is CCNC(=NCc1cccc(N(C)C)n1)NC1CCN(CC(=O)NC)CC1.I. The first-order valence-corrected chi connectivity index (χ1v) is 9.62. The van der Waals surface area contributed by atoms with Crippen molar-refractivity contribution >= 4 is 41.7 Å². The molecule has 2 rings (SSSR count). The molecule has 0 spiro atoms. The first-order valence-electron chi connectivity index (χ1n) is 9.62. The molecule has 158 valence electrons. The second-order valence-corrected chi connectivity index (χ2v) is 6.94. The summed E-state index contributed by atoms with van der Waals surface area (Å²) < 4.78 is 0. The molecule has 3 N–H and O–H groups in total. The molecular formula is C19H34IN7O. The van der Waals surface area contributed by atoms with E-state index in [1.165, 1.54) is 0 Å². The summed E-state index contributed by atoms with van der Waals surface area (Å²) in [4.78, 5) is 25.0. The molecule has 0 atom stereocenters. The summed E-state index contributed by atoms with van der Waals surface area (Å²) in [6.07, 6.45) is 1.99. The molecule has 28 heavy (non-hydrogen) atoms. The zero-order chi connectivity index (χ0) is 19.6. The highest BCUT2D eigenvalue weighted by atomic mass is 127. The van der Waals surface area contributed by atoms with Gasteiger partial charge in [-0.15, -0.1) is 24.0 Å². The van der Waals surface area contributed by atoms with Gasteiger partial charge in [0.05, 0.1) is 18.8 Å². The van der Waals surface area contributed by atoms with Gasteiger partial charge in [0.2, 0.25) is 5.91 Å².